The second kappa shape index (κ2) is 20.5. The molecule has 1 spiro atoms. The highest BCUT2D eigenvalue weighted by molar-refractivity contribution is 6.13. The molecule has 3 amide bonds. The highest BCUT2D eigenvalue weighted by atomic mass is 19.3. The smallest absolute Gasteiger partial charge is 0.320 e. The normalized spacial score (nSPS) is 18.4. The van der Waals surface area contributed by atoms with Crippen LogP contribution in [0.1, 0.15) is 105 Å². The second-order valence-corrected chi connectivity index (χ2v) is 21.6. The molecule has 1 saturated carbocycles. The van der Waals surface area contributed by atoms with Crippen molar-refractivity contribution in [1.29, 1.82) is 0 Å². The highest BCUT2D eigenvalue weighted by Crippen LogP contribution is 2.48. The van der Waals surface area contributed by atoms with Gasteiger partial charge in [-0.3, -0.25) is 23.9 Å². The minimum absolute atomic E-state index is 0.0114. The molecule has 2 saturated heterocycles. The highest BCUT2D eigenvalue weighted by Gasteiger charge is 2.48. The summed E-state index contributed by atoms with van der Waals surface area (Å²) in [4.78, 5) is 53.0. The van der Waals surface area contributed by atoms with Gasteiger partial charge < -0.3 is 34.5 Å². The molecule has 0 bridgehead atoms. The minimum atomic E-state index is -2.90. The van der Waals surface area contributed by atoms with Crippen LogP contribution in [0.15, 0.2) is 103 Å². The average Bonchev–Trinajstić information content (AvgIpc) is 3.86. The Morgan fingerprint density at radius 3 is 2.27 bits per heavy atom. The van der Waals surface area contributed by atoms with E-state index in [2.05, 4.69) is 34.1 Å². The van der Waals surface area contributed by atoms with E-state index in [4.69, 9.17) is 15.2 Å². The Hall–Kier alpha value is -6.77. The van der Waals surface area contributed by atoms with Gasteiger partial charge in [-0.15, -0.1) is 0 Å². The number of anilines is 3. The summed E-state index contributed by atoms with van der Waals surface area (Å²) in [6, 6.07) is 32.5. The number of nitrogens with zero attached hydrogens (tertiary/aromatic N) is 6. The van der Waals surface area contributed by atoms with E-state index in [1.807, 2.05) is 72.0 Å². The molecule has 3 fully saturated rings. The molecule has 1 aliphatic carbocycles. The number of benzene rings is 4. The van der Waals surface area contributed by atoms with Crippen molar-refractivity contribution in [3.05, 3.63) is 153 Å². The number of para-hydroxylation sites is 1. The predicted molar refractivity (Wildman–Crippen MR) is 283 cm³/mol. The lowest BCUT2D eigenvalue weighted by molar-refractivity contribution is -0.131. The van der Waals surface area contributed by atoms with E-state index in [9.17, 15) is 13.6 Å². The van der Waals surface area contributed by atoms with Gasteiger partial charge in [-0.2, -0.15) is 8.78 Å². The summed E-state index contributed by atoms with van der Waals surface area (Å²) in [7, 11) is 1.89. The van der Waals surface area contributed by atoms with Crippen LogP contribution in [0.4, 0.5) is 26.0 Å². The first-order chi connectivity index (χ1) is 35.8. The topological polar surface area (TPSA) is 119 Å². The summed E-state index contributed by atoms with van der Waals surface area (Å²) in [6.07, 6.45) is 8.55. The van der Waals surface area contributed by atoms with Crippen LogP contribution in [0, 0.1) is 25.2 Å². The van der Waals surface area contributed by atoms with Gasteiger partial charge in [0.1, 0.15) is 11.6 Å². The van der Waals surface area contributed by atoms with Gasteiger partial charge in [-0.1, -0.05) is 61.0 Å². The lowest BCUT2D eigenvalue weighted by atomic mass is 9.63. The van der Waals surface area contributed by atoms with Gasteiger partial charge in [0.05, 0.1) is 24.3 Å². The molecule has 11 rings (SSSR count). The van der Waals surface area contributed by atoms with Crippen molar-refractivity contribution in [2.75, 3.05) is 56.6 Å². The van der Waals surface area contributed by atoms with Crippen molar-refractivity contribution in [2.45, 2.75) is 97.3 Å². The monoisotopic (exact) mass is 1000 g/mol. The first-order valence-corrected chi connectivity index (χ1v) is 26.5. The molecule has 6 aromatic rings. The Morgan fingerprint density at radius 2 is 1.57 bits per heavy atom. The van der Waals surface area contributed by atoms with Crippen molar-refractivity contribution in [3.63, 3.8) is 0 Å². The summed E-state index contributed by atoms with van der Waals surface area (Å²) in [5, 5.41) is 0. The van der Waals surface area contributed by atoms with Gasteiger partial charge in [-0.05, 0) is 140 Å². The molecular formula is C60H67F2N7O5. The number of carbonyl (C=O) groups excluding carboxylic acids is 3. The lowest BCUT2D eigenvalue weighted by Gasteiger charge is -2.57. The van der Waals surface area contributed by atoms with Crippen LogP contribution in [0.5, 0.6) is 5.75 Å². The number of ether oxygens (including phenoxy) is 2. The molecule has 4 aromatic carbocycles. The van der Waals surface area contributed by atoms with E-state index in [1.54, 1.807) is 24.3 Å². The third-order valence-corrected chi connectivity index (χ3v) is 17.0. The zero-order valence-corrected chi connectivity index (χ0v) is 42.8. The summed E-state index contributed by atoms with van der Waals surface area (Å²) in [5.41, 5.74) is 15.6. The average molecular weight is 1000 g/mol. The van der Waals surface area contributed by atoms with Crippen LogP contribution in [-0.2, 0) is 48.9 Å². The number of fused-ring (bicyclic) bond motifs is 2. The Balaban J connectivity index is 0.920. The van der Waals surface area contributed by atoms with Crippen LogP contribution >= 0.6 is 0 Å². The molecule has 14 heteroatoms. The van der Waals surface area contributed by atoms with E-state index in [0.29, 0.717) is 77.8 Å². The first-order valence-electron chi connectivity index (χ1n) is 26.5. The predicted octanol–water partition coefficient (Wildman–Crippen LogP) is 10.4. The molecular weight excluding hydrogens is 937 g/mol. The molecule has 6 heterocycles. The number of carbonyl (C=O) groups is 3. The largest absolute Gasteiger partial charge is 0.494 e. The second-order valence-electron chi connectivity index (χ2n) is 21.6. The van der Waals surface area contributed by atoms with Gasteiger partial charge >= 0.3 is 6.55 Å². The van der Waals surface area contributed by atoms with Gasteiger partial charge in [0, 0.05) is 106 Å². The van der Waals surface area contributed by atoms with Gasteiger partial charge in [0.25, 0.3) is 11.8 Å². The number of nitrogen functional groups attached to an aromatic ring is 1. The Morgan fingerprint density at radius 1 is 0.838 bits per heavy atom. The van der Waals surface area contributed by atoms with Crippen LogP contribution in [0.2, 0.25) is 0 Å². The third kappa shape index (κ3) is 9.62. The van der Waals surface area contributed by atoms with Crippen molar-refractivity contribution in [3.8, 4) is 17.0 Å². The van der Waals surface area contributed by atoms with Crippen LogP contribution in [0.3, 0.4) is 0 Å². The van der Waals surface area contributed by atoms with Gasteiger partial charge in [0.2, 0.25) is 5.91 Å². The Bertz CT molecular complexity index is 3060. The van der Waals surface area contributed by atoms with Gasteiger partial charge in [-0.25, -0.2) is 0 Å². The summed E-state index contributed by atoms with van der Waals surface area (Å²) in [6.45, 7) is 7.02. The number of amides is 3. The number of aromatic nitrogens is 2. The molecule has 5 aliphatic rings. The van der Waals surface area contributed by atoms with Crippen LogP contribution in [-0.4, -0.2) is 93.6 Å². The summed E-state index contributed by atoms with van der Waals surface area (Å²) >= 11 is 0. The molecule has 74 heavy (non-hydrogen) atoms. The Labute approximate surface area is 432 Å². The number of halogens is 2. The number of alkyl halides is 2. The van der Waals surface area contributed by atoms with Gasteiger partial charge in [0.15, 0.2) is 0 Å². The van der Waals surface area contributed by atoms with E-state index < -0.39 is 12.5 Å². The van der Waals surface area contributed by atoms with E-state index in [0.717, 1.165) is 91.1 Å². The molecule has 2 N–H and O–H groups in total. The molecule has 0 radical (unpaired) electrons. The maximum atomic E-state index is 15.8. The number of hydrogen-bond acceptors (Lipinski definition) is 7. The molecule has 1 atom stereocenters. The number of rotatable bonds is 14. The minimum Gasteiger partial charge on any atom is -0.494 e. The lowest BCUT2D eigenvalue weighted by Crippen LogP contribution is -2.63. The summed E-state index contributed by atoms with van der Waals surface area (Å²) < 4.78 is 42.9. The number of hydrogen-bond donors (Lipinski definition) is 1. The van der Waals surface area contributed by atoms with Crippen LogP contribution in [0.25, 0.3) is 11.3 Å². The maximum absolute atomic E-state index is 15.8. The van der Waals surface area contributed by atoms with Crippen molar-refractivity contribution in [1.82, 2.24) is 23.8 Å². The van der Waals surface area contributed by atoms with Crippen molar-refractivity contribution < 1.29 is 32.6 Å². The van der Waals surface area contributed by atoms with E-state index in [-0.39, 0.29) is 41.5 Å². The number of likely N-dealkylation sites (tertiary alicyclic amines) is 1. The van der Waals surface area contributed by atoms with E-state index >= 15 is 9.59 Å². The van der Waals surface area contributed by atoms with E-state index in [1.165, 1.54) is 42.7 Å². The molecule has 2 aromatic heterocycles. The first kappa shape index (κ1) is 49.4. The molecule has 12 nitrogen and oxygen atoms in total. The fraction of sp³-hybridized carbons (Fsp3) is 0.417. The fourth-order valence-corrected chi connectivity index (χ4v) is 12.4. The Kier molecular flexibility index (Phi) is 13.7. The zero-order valence-electron chi connectivity index (χ0n) is 42.8. The molecule has 1 unspecified atom stereocenters. The number of nitrogens with two attached hydrogens (primary N) is 1. The fourth-order valence-electron chi connectivity index (χ4n) is 12.4. The third-order valence-electron chi connectivity index (χ3n) is 17.0. The van der Waals surface area contributed by atoms with Crippen molar-refractivity contribution >= 4 is 34.9 Å². The molecule has 4 aliphatic heterocycles. The maximum Gasteiger partial charge on any atom is 0.320 e. The summed E-state index contributed by atoms with van der Waals surface area (Å²) in [5.74, 6) is 0.750. The molecule has 386 valence electrons. The van der Waals surface area contributed by atoms with Crippen molar-refractivity contribution in [2.24, 2.45) is 18.4 Å². The quantitative estimate of drug-likeness (QED) is 0.115. The van der Waals surface area contributed by atoms with Crippen LogP contribution < -0.4 is 15.4 Å². The SMILES string of the molecule is Cc1c(C(=O)N(c2ccccc2)c2cc(N)n(C(F)F)c2C)cc(-c2cc3c(cc2C(=O)N2Cc4ccccc4CC2CN2CC4(CCC4)C2)CN(C(=O)Cc2ccc(OCCC4CCOCC4)cc2)CC3)n1C. The standard InChI is InChI=1S/C60H67F2N7O5/c1-39-50(58(72)69(47-12-5-4-6-13-47)53-33-55(63)68(40(53)2)59(61)62)32-54(64(39)3)51-30-44-18-24-66(56(70)28-42-14-16-49(17-15-42)74-27-21-41-19-25-73-26-20-41)34-46(44)31-52(51)57(71)67-35-45-11-8-7-10-43(45)29-48(67)36-65-37-60(38-65)22-9-23-60/h4-8,10-17,30-33,41,48,59H,9,18-29,34-38,63H2,1-3H3. The zero-order chi connectivity index (χ0) is 51.3.